The lowest BCUT2D eigenvalue weighted by Crippen LogP contribution is -2.23. The third kappa shape index (κ3) is 4.34. The number of nitrogens with zero attached hydrogens (tertiary/aromatic N) is 1. The van der Waals surface area contributed by atoms with Crippen LogP contribution in [0.4, 0.5) is 11.4 Å². The lowest BCUT2D eigenvalue weighted by atomic mass is 9.99. The molecule has 0 aliphatic heterocycles. The van der Waals surface area contributed by atoms with Crippen LogP contribution in [0.25, 0.3) is 0 Å². The number of nitro benzene ring substituents is 1. The monoisotopic (exact) mass is 292 g/mol. The Labute approximate surface area is 125 Å². The smallest absolute Gasteiger partial charge is 0.275 e. The molecule has 21 heavy (non-hydrogen) atoms. The zero-order valence-electron chi connectivity index (χ0n) is 13.0. The normalized spacial score (nSPS) is 17.0. The molecule has 1 aliphatic rings. The highest BCUT2D eigenvalue weighted by Crippen LogP contribution is 2.31. The number of rotatable bonds is 6. The van der Waals surface area contributed by atoms with Crippen LogP contribution in [0.2, 0.25) is 0 Å². The third-order valence-electron chi connectivity index (χ3n) is 3.98. The quantitative estimate of drug-likeness (QED) is 0.624. The summed E-state index contributed by atoms with van der Waals surface area (Å²) in [6.07, 6.45) is 5.03. The van der Waals surface area contributed by atoms with Crippen LogP contribution in [0.1, 0.15) is 46.5 Å². The standard InChI is InChI=1S/C16H24N2O3/c1-11(2)21-16-9-14(8-15(10-16)18(19)20)17-12(3)13-6-4-5-7-13/h8-13,17H,4-7H2,1-3H3. The van der Waals surface area contributed by atoms with Crippen molar-refractivity contribution in [1.29, 1.82) is 0 Å². The lowest BCUT2D eigenvalue weighted by molar-refractivity contribution is -0.384. The second kappa shape index (κ2) is 6.78. The van der Waals surface area contributed by atoms with E-state index in [0.29, 0.717) is 17.7 Å². The summed E-state index contributed by atoms with van der Waals surface area (Å²) in [6, 6.07) is 5.23. The molecule has 1 atom stereocenters. The van der Waals surface area contributed by atoms with E-state index in [1.165, 1.54) is 31.7 Å². The van der Waals surface area contributed by atoms with Crippen molar-refractivity contribution >= 4 is 11.4 Å². The number of hydrogen-bond donors (Lipinski definition) is 1. The van der Waals surface area contributed by atoms with E-state index >= 15 is 0 Å². The largest absolute Gasteiger partial charge is 0.491 e. The van der Waals surface area contributed by atoms with Gasteiger partial charge in [-0.25, -0.2) is 0 Å². The van der Waals surface area contributed by atoms with E-state index in [2.05, 4.69) is 12.2 Å². The molecule has 0 amide bonds. The predicted molar refractivity (Wildman–Crippen MR) is 83.9 cm³/mol. The summed E-state index contributed by atoms with van der Waals surface area (Å²) in [5, 5.41) is 14.5. The van der Waals surface area contributed by atoms with Crippen LogP contribution in [0.3, 0.4) is 0 Å². The molecule has 0 radical (unpaired) electrons. The fourth-order valence-corrected chi connectivity index (χ4v) is 2.95. The summed E-state index contributed by atoms with van der Waals surface area (Å²) in [5.74, 6) is 1.19. The fourth-order valence-electron chi connectivity index (χ4n) is 2.95. The minimum Gasteiger partial charge on any atom is -0.491 e. The molecule has 1 fully saturated rings. The molecule has 1 saturated carbocycles. The van der Waals surface area contributed by atoms with Crippen LogP contribution in [-0.4, -0.2) is 17.1 Å². The molecule has 0 saturated heterocycles. The molecule has 0 aromatic heterocycles. The van der Waals surface area contributed by atoms with Gasteiger partial charge in [0.15, 0.2) is 0 Å². The van der Waals surface area contributed by atoms with Crippen molar-refractivity contribution in [2.24, 2.45) is 5.92 Å². The summed E-state index contributed by atoms with van der Waals surface area (Å²) < 4.78 is 5.61. The van der Waals surface area contributed by atoms with Crippen molar-refractivity contribution in [1.82, 2.24) is 0 Å². The Morgan fingerprint density at radius 2 is 1.90 bits per heavy atom. The highest BCUT2D eigenvalue weighted by Gasteiger charge is 2.22. The van der Waals surface area contributed by atoms with E-state index in [-0.39, 0.29) is 16.7 Å². The maximum Gasteiger partial charge on any atom is 0.275 e. The first-order chi connectivity index (χ1) is 9.95. The Bertz CT molecular complexity index is 496. The Balaban J connectivity index is 2.16. The number of nitrogens with one attached hydrogen (secondary N) is 1. The molecule has 1 unspecified atom stereocenters. The van der Waals surface area contributed by atoms with E-state index in [0.717, 1.165) is 5.69 Å². The van der Waals surface area contributed by atoms with Gasteiger partial charge < -0.3 is 10.1 Å². The van der Waals surface area contributed by atoms with Crippen molar-refractivity contribution in [3.05, 3.63) is 28.3 Å². The predicted octanol–water partition coefficient (Wildman–Crippen LogP) is 4.37. The molecule has 116 valence electrons. The summed E-state index contributed by atoms with van der Waals surface area (Å²) in [7, 11) is 0. The van der Waals surface area contributed by atoms with E-state index in [1.807, 2.05) is 19.9 Å². The summed E-state index contributed by atoms with van der Waals surface area (Å²) in [6.45, 7) is 5.97. The number of non-ortho nitro benzene ring substituents is 1. The average molecular weight is 292 g/mol. The number of nitro groups is 1. The molecule has 1 aliphatic carbocycles. The molecular weight excluding hydrogens is 268 g/mol. The van der Waals surface area contributed by atoms with Crippen molar-refractivity contribution in [2.75, 3.05) is 5.32 Å². The number of ether oxygens (including phenoxy) is 1. The molecule has 2 rings (SSSR count). The minimum atomic E-state index is -0.376. The molecule has 0 bridgehead atoms. The summed E-state index contributed by atoms with van der Waals surface area (Å²) >= 11 is 0. The van der Waals surface area contributed by atoms with Gasteiger partial charge in [-0.05, 0) is 39.5 Å². The first-order valence-electron chi connectivity index (χ1n) is 7.68. The Hall–Kier alpha value is -1.78. The number of benzene rings is 1. The Kier molecular flexibility index (Phi) is 5.04. The van der Waals surface area contributed by atoms with E-state index < -0.39 is 0 Å². The third-order valence-corrected chi connectivity index (χ3v) is 3.98. The van der Waals surface area contributed by atoms with Crippen LogP contribution in [0.5, 0.6) is 5.75 Å². The maximum absolute atomic E-state index is 11.1. The van der Waals surface area contributed by atoms with Crippen molar-refractivity contribution in [3.8, 4) is 5.75 Å². The highest BCUT2D eigenvalue weighted by molar-refractivity contribution is 5.56. The van der Waals surface area contributed by atoms with Gasteiger partial charge in [0, 0.05) is 23.9 Å². The molecule has 0 spiro atoms. The topological polar surface area (TPSA) is 64.4 Å². The van der Waals surface area contributed by atoms with Gasteiger partial charge in [0.25, 0.3) is 5.69 Å². The molecule has 1 N–H and O–H groups in total. The second-order valence-electron chi connectivity index (χ2n) is 6.12. The Morgan fingerprint density at radius 1 is 1.24 bits per heavy atom. The van der Waals surface area contributed by atoms with Crippen molar-refractivity contribution in [3.63, 3.8) is 0 Å². The van der Waals surface area contributed by atoms with Crippen LogP contribution < -0.4 is 10.1 Å². The van der Waals surface area contributed by atoms with Crippen LogP contribution in [0.15, 0.2) is 18.2 Å². The Morgan fingerprint density at radius 3 is 2.48 bits per heavy atom. The number of anilines is 1. The molecule has 1 aromatic carbocycles. The summed E-state index contributed by atoms with van der Waals surface area (Å²) in [5.41, 5.74) is 0.827. The zero-order valence-corrected chi connectivity index (χ0v) is 13.0. The van der Waals surface area contributed by atoms with Crippen molar-refractivity contribution in [2.45, 2.75) is 58.6 Å². The molecule has 1 aromatic rings. The van der Waals surface area contributed by atoms with Gasteiger partial charge in [0.1, 0.15) is 5.75 Å². The molecule has 5 nitrogen and oxygen atoms in total. The van der Waals surface area contributed by atoms with E-state index in [1.54, 1.807) is 6.07 Å². The van der Waals surface area contributed by atoms with Crippen LogP contribution in [-0.2, 0) is 0 Å². The van der Waals surface area contributed by atoms with Gasteiger partial charge in [-0.1, -0.05) is 12.8 Å². The first-order valence-corrected chi connectivity index (χ1v) is 7.68. The van der Waals surface area contributed by atoms with E-state index in [9.17, 15) is 10.1 Å². The maximum atomic E-state index is 11.1. The molecular formula is C16H24N2O3. The van der Waals surface area contributed by atoms with Gasteiger partial charge in [-0.15, -0.1) is 0 Å². The van der Waals surface area contributed by atoms with Gasteiger partial charge in [0.05, 0.1) is 17.1 Å². The van der Waals surface area contributed by atoms with Crippen LogP contribution in [0, 0.1) is 16.0 Å². The fraction of sp³-hybridized carbons (Fsp3) is 0.625. The molecule has 5 heteroatoms. The number of hydrogen-bond acceptors (Lipinski definition) is 4. The van der Waals surface area contributed by atoms with Gasteiger partial charge in [0.2, 0.25) is 0 Å². The lowest BCUT2D eigenvalue weighted by Gasteiger charge is -2.22. The average Bonchev–Trinajstić information content (AvgIpc) is 2.91. The zero-order chi connectivity index (χ0) is 15.4. The van der Waals surface area contributed by atoms with Crippen molar-refractivity contribution < 1.29 is 9.66 Å². The second-order valence-corrected chi connectivity index (χ2v) is 6.12. The van der Waals surface area contributed by atoms with Gasteiger partial charge in [-0.3, -0.25) is 10.1 Å². The molecule has 0 heterocycles. The summed E-state index contributed by atoms with van der Waals surface area (Å²) in [4.78, 5) is 10.7. The SMILES string of the molecule is CC(C)Oc1cc(NC(C)C2CCCC2)cc([N+](=O)[O-])c1. The first kappa shape index (κ1) is 15.6. The van der Waals surface area contributed by atoms with Gasteiger partial charge >= 0.3 is 0 Å². The van der Waals surface area contributed by atoms with E-state index in [4.69, 9.17) is 4.74 Å². The van der Waals surface area contributed by atoms with Gasteiger partial charge in [-0.2, -0.15) is 0 Å². The highest BCUT2D eigenvalue weighted by atomic mass is 16.6. The van der Waals surface area contributed by atoms with Crippen LogP contribution >= 0.6 is 0 Å². The minimum absolute atomic E-state index is 0.00731.